The van der Waals surface area contributed by atoms with Crippen molar-refractivity contribution in [3.63, 3.8) is 0 Å². The van der Waals surface area contributed by atoms with Gasteiger partial charge in [0.25, 0.3) is 0 Å². The second-order valence-corrected chi connectivity index (χ2v) is 21.1. The number of imidazole rings is 1. The molecule has 0 aliphatic carbocycles. The molecular formula is C38H54F2N4O4Si. The average Bonchev–Trinajstić information content (AvgIpc) is 3.60. The van der Waals surface area contributed by atoms with Gasteiger partial charge in [-0.25, -0.2) is 18.6 Å². The molecule has 49 heavy (non-hydrogen) atoms. The topological polar surface area (TPSA) is 88.9 Å². The second kappa shape index (κ2) is 14.6. The number of aromatic nitrogens is 2. The lowest BCUT2D eigenvalue weighted by molar-refractivity contribution is 0.0473. The van der Waals surface area contributed by atoms with Crippen LogP contribution in [0.5, 0.6) is 0 Å². The average molecular weight is 697 g/mol. The van der Waals surface area contributed by atoms with Gasteiger partial charge in [0.2, 0.25) is 0 Å². The molecule has 2 aliphatic heterocycles. The lowest BCUT2D eigenvalue weighted by Crippen LogP contribution is -2.50. The first-order valence-electron chi connectivity index (χ1n) is 17.5. The first kappa shape index (κ1) is 37.1. The van der Waals surface area contributed by atoms with Crippen molar-refractivity contribution in [1.82, 2.24) is 19.8 Å². The molecule has 0 bridgehead atoms. The highest BCUT2D eigenvalue weighted by molar-refractivity contribution is 6.74. The number of benzene rings is 2. The number of carbonyl (C=O) groups is 1. The van der Waals surface area contributed by atoms with Crippen molar-refractivity contribution >= 4 is 14.4 Å². The van der Waals surface area contributed by atoms with Crippen LogP contribution in [-0.4, -0.2) is 72.4 Å². The van der Waals surface area contributed by atoms with Crippen molar-refractivity contribution in [3.05, 3.63) is 77.8 Å². The summed E-state index contributed by atoms with van der Waals surface area (Å²) >= 11 is 0. The summed E-state index contributed by atoms with van der Waals surface area (Å²) in [4.78, 5) is 19.3. The first-order valence-corrected chi connectivity index (χ1v) is 20.4. The second-order valence-electron chi connectivity index (χ2n) is 16.4. The number of hydrogen-bond acceptors (Lipinski definition) is 5. The maximum absolute atomic E-state index is 15.1. The van der Waals surface area contributed by atoms with Gasteiger partial charge in [-0.3, -0.25) is 0 Å². The van der Waals surface area contributed by atoms with E-state index in [1.54, 1.807) is 4.90 Å². The summed E-state index contributed by atoms with van der Waals surface area (Å²) < 4.78 is 44.4. The molecule has 2 N–H and O–H groups in total. The van der Waals surface area contributed by atoms with Crippen LogP contribution in [0.4, 0.5) is 13.6 Å². The predicted octanol–water partition coefficient (Wildman–Crippen LogP) is 8.35. The largest absolute Gasteiger partial charge is 0.465 e. The van der Waals surface area contributed by atoms with Gasteiger partial charge in [0, 0.05) is 56.6 Å². The molecule has 0 saturated carbocycles. The Balaban J connectivity index is 1.57. The van der Waals surface area contributed by atoms with Crippen LogP contribution in [0.25, 0.3) is 11.3 Å². The Bertz CT molecular complexity index is 1580. The monoisotopic (exact) mass is 696 g/mol. The summed E-state index contributed by atoms with van der Waals surface area (Å²) in [5, 5.41) is 14.2. The number of amides is 1. The molecule has 0 spiro atoms. The van der Waals surface area contributed by atoms with Crippen LogP contribution in [0, 0.1) is 28.9 Å². The molecule has 1 amide bonds. The number of nitrogens with one attached hydrogen (secondary N) is 1. The summed E-state index contributed by atoms with van der Waals surface area (Å²) in [5.41, 5.74) is 1.19. The Kier molecular flexibility index (Phi) is 11.1. The maximum atomic E-state index is 15.1. The minimum absolute atomic E-state index is 0.0474. The summed E-state index contributed by atoms with van der Waals surface area (Å²) in [6.07, 6.45) is 2.20. The fraction of sp³-hybridized carbons (Fsp3) is 0.579. The summed E-state index contributed by atoms with van der Waals surface area (Å²) in [5.74, 6) is -0.311. The zero-order chi connectivity index (χ0) is 35.7. The Morgan fingerprint density at radius 2 is 1.76 bits per heavy atom. The number of ether oxygens (including phenoxy) is 1. The van der Waals surface area contributed by atoms with E-state index in [1.165, 1.54) is 6.07 Å². The third-order valence-corrected chi connectivity index (χ3v) is 15.3. The van der Waals surface area contributed by atoms with Gasteiger partial charge in [0.05, 0.1) is 17.8 Å². The van der Waals surface area contributed by atoms with Crippen molar-refractivity contribution in [1.29, 1.82) is 0 Å². The Morgan fingerprint density at radius 1 is 1.08 bits per heavy atom. The van der Waals surface area contributed by atoms with E-state index in [2.05, 4.69) is 60.0 Å². The zero-order valence-corrected chi connectivity index (χ0v) is 31.3. The first-order chi connectivity index (χ1) is 23.0. The van der Waals surface area contributed by atoms with Gasteiger partial charge in [0.15, 0.2) is 8.32 Å². The van der Waals surface area contributed by atoms with Gasteiger partial charge < -0.3 is 29.1 Å². The molecule has 8 nitrogen and oxygen atoms in total. The third kappa shape index (κ3) is 8.44. The highest BCUT2D eigenvalue weighted by Crippen LogP contribution is 2.44. The molecule has 11 heteroatoms. The van der Waals surface area contributed by atoms with Gasteiger partial charge in [0.1, 0.15) is 17.5 Å². The third-order valence-electron chi connectivity index (χ3n) is 10.8. The van der Waals surface area contributed by atoms with E-state index in [9.17, 15) is 14.3 Å². The maximum Gasteiger partial charge on any atom is 0.407 e. The molecule has 1 aromatic heterocycles. The van der Waals surface area contributed by atoms with Crippen molar-refractivity contribution in [2.75, 3.05) is 26.3 Å². The Hall–Kier alpha value is -3.12. The van der Waals surface area contributed by atoms with E-state index in [0.717, 1.165) is 36.4 Å². The van der Waals surface area contributed by atoms with Crippen LogP contribution in [0.1, 0.15) is 71.8 Å². The van der Waals surface area contributed by atoms with E-state index in [0.29, 0.717) is 38.5 Å². The van der Waals surface area contributed by atoms with Crippen LogP contribution < -0.4 is 5.32 Å². The normalized spacial score (nSPS) is 21.7. The lowest BCUT2D eigenvalue weighted by atomic mass is 9.78. The molecule has 2 aliphatic rings. The number of likely N-dealkylation sites (tertiary alicyclic amines) is 1. The van der Waals surface area contributed by atoms with Gasteiger partial charge in [-0.15, -0.1) is 0 Å². The molecule has 2 saturated heterocycles. The van der Waals surface area contributed by atoms with Gasteiger partial charge in [-0.05, 0) is 66.1 Å². The Labute approximate surface area is 291 Å². The highest BCUT2D eigenvalue weighted by atomic mass is 28.4. The van der Waals surface area contributed by atoms with Gasteiger partial charge >= 0.3 is 6.09 Å². The number of rotatable bonds is 10. The quantitative estimate of drug-likeness (QED) is 0.207. The SMILES string of the molecule is CC(C)(C)C1[C@@H](CN[C@@H](c2nc(-c3cc(F)ccc3F)cn2Cc2ccccc2)C2CCOCC2)[C@H](O[Si](C)(C)C(C)(C)C)CN1C(=O)O. The molecule has 2 aromatic carbocycles. The highest BCUT2D eigenvalue weighted by Gasteiger charge is 2.52. The number of hydrogen-bond donors (Lipinski definition) is 2. The summed E-state index contributed by atoms with van der Waals surface area (Å²) in [6, 6.07) is 12.9. The van der Waals surface area contributed by atoms with Crippen molar-refractivity contribution in [3.8, 4) is 11.3 Å². The van der Waals surface area contributed by atoms with E-state index in [4.69, 9.17) is 14.1 Å². The summed E-state index contributed by atoms with van der Waals surface area (Å²) in [7, 11) is -2.26. The molecular weight excluding hydrogens is 643 g/mol. The molecule has 3 aromatic rings. The molecule has 3 heterocycles. The molecule has 0 radical (unpaired) electrons. The van der Waals surface area contributed by atoms with E-state index < -0.39 is 26.0 Å². The predicted molar refractivity (Wildman–Crippen MR) is 191 cm³/mol. The van der Waals surface area contributed by atoms with E-state index in [-0.39, 0.29) is 46.0 Å². The molecule has 1 unspecified atom stereocenters. The van der Waals surface area contributed by atoms with Gasteiger partial charge in [-0.1, -0.05) is 71.9 Å². The van der Waals surface area contributed by atoms with Gasteiger partial charge in [-0.2, -0.15) is 0 Å². The molecule has 268 valence electrons. The van der Waals surface area contributed by atoms with Crippen molar-refractivity contribution in [2.24, 2.45) is 17.3 Å². The minimum Gasteiger partial charge on any atom is -0.465 e. The fourth-order valence-corrected chi connectivity index (χ4v) is 8.66. The van der Waals surface area contributed by atoms with Crippen LogP contribution in [0.15, 0.2) is 54.7 Å². The van der Waals surface area contributed by atoms with Crippen LogP contribution in [-0.2, 0) is 15.7 Å². The standard InChI is InChI=1S/C38H54F2N4O4Si/c1-37(2,3)34-29(32(24-44(34)36(45)46)48-49(7,8)38(4,5)6)21-41-33(26-16-18-47-19-17-26)35-42-31(28-20-27(39)14-15-30(28)40)23-43(35)22-25-12-10-9-11-13-25/h9-15,20,23,26,29,32-34,41H,16-19,21-22,24H2,1-8H3,(H,45,46)/t29-,32+,33+,34?/m0/s1. The summed E-state index contributed by atoms with van der Waals surface area (Å²) in [6.45, 7) is 19.8. The zero-order valence-electron chi connectivity index (χ0n) is 30.3. The number of carboxylic acid groups (broad SMARTS) is 1. The van der Waals surface area contributed by atoms with Crippen LogP contribution in [0.3, 0.4) is 0 Å². The lowest BCUT2D eigenvalue weighted by Gasteiger charge is -2.42. The van der Waals surface area contributed by atoms with Crippen LogP contribution in [0.2, 0.25) is 18.1 Å². The molecule has 2 fully saturated rings. The number of nitrogens with zero attached hydrogens (tertiary/aromatic N) is 3. The molecule has 5 rings (SSSR count). The van der Waals surface area contributed by atoms with Crippen molar-refractivity contribution < 1.29 is 27.8 Å². The van der Waals surface area contributed by atoms with E-state index in [1.807, 2.05) is 41.1 Å². The van der Waals surface area contributed by atoms with Crippen LogP contribution >= 0.6 is 0 Å². The van der Waals surface area contributed by atoms with Crippen molar-refractivity contribution in [2.45, 2.75) is 97.2 Å². The number of halogens is 2. The minimum atomic E-state index is -2.26. The Morgan fingerprint density at radius 3 is 2.37 bits per heavy atom. The van der Waals surface area contributed by atoms with E-state index >= 15 is 4.39 Å². The smallest absolute Gasteiger partial charge is 0.407 e. The molecule has 4 atom stereocenters. The fourth-order valence-electron chi connectivity index (χ4n) is 7.30.